The summed E-state index contributed by atoms with van der Waals surface area (Å²) in [5, 5.41) is 4.99. The van der Waals surface area contributed by atoms with Crippen LogP contribution >= 0.6 is 0 Å². The van der Waals surface area contributed by atoms with Crippen LogP contribution in [-0.4, -0.2) is 0 Å². The van der Waals surface area contributed by atoms with Crippen molar-refractivity contribution in [3.63, 3.8) is 0 Å². The minimum Gasteiger partial charge on any atom is -0.310 e. The van der Waals surface area contributed by atoms with Crippen molar-refractivity contribution in [2.75, 3.05) is 4.90 Å². The van der Waals surface area contributed by atoms with Gasteiger partial charge >= 0.3 is 0 Å². The van der Waals surface area contributed by atoms with Crippen molar-refractivity contribution in [1.29, 1.82) is 0 Å². The molecular formula is C68H47N. The summed E-state index contributed by atoms with van der Waals surface area (Å²) in [5.74, 6) is 0. The lowest BCUT2D eigenvalue weighted by Gasteiger charge is -2.28. The fourth-order valence-electron chi connectivity index (χ4n) is 10.2. The number of benzene rings is 12. The Bertz CT molecular complexity index is 3660. The quantitative estimate of drug-likeness (QED) is 0.124. The third kappa shape index (κ3) is 8.07. The molecule has 0 amide bonds. The first kappa shape index (κ1) is 41.4. The molecule has 324 valence electrons. The average molecular weight is 878 g/mol. The standard InChI is InChI=1S/C68H47N/c1-7-21-48(22-8-1)56-43-57(49-23-9-2-10-24-49)45-60(44-56)69(59-40-42-61(51-25-11-3-12-26-51)65(47-59)52-27-13-4-14-28-52)58-38-35-50(36-39-58)55-37-41-63-62-33-19-20-34-64(62)67(53-29-15-5-16-30-53)68(66(63)46-55)54-31-17-6-18-32-54/h1-47H. The molecule has 69 heavy (non-hydrogen) atoms. The highest BCUT2D eigenvalue weighted by Gasteiger charge is 2.21. The van der Waals surface area contributed by atoms with Crippen molar-refractivity contribution in [2.45, 2.75) is 0 Å². The molecule has 0 bridgehead atoms. The van der Waals surface area contributed by atoms with E-state index in [9.17, 15) is 0 Å². The van der Waals surface area contributed by atoms with Crippen molar-refractivity contribution in [1.82, 2.24) is 0 Å². The van der Waals surface area contributed by atoms with Crippen molar-refractivity contribution in [2.24, 2.45) is 0 Å². The zero-order valence-electron chi connectivity index (χ0n) is 38.1. The predicted octanol–water partition coefficient (Wildman–Crippen LogP) is 19.1. The zero-order chi connectivity index (χ0) is 45.9. The van der Waals surface area contributed by atoms with Crippen LogP contribution in [0.4, 0.5) is 17.1 Å². The molecule has 1 heteroatoms. The van der Waals surface area contributed by atoms with Crippen LogP contribution in [0, 0.1) is 0 Å². The van der Waals surface area contributed by atoms with Crippen LogP contribution in [-0.2, 0) is 0 Å². The molecule has 12 aromatic carbocycles. The predicted molar refractivity (Wildman–Crippen MR) is 294 cm³/mol. The Morgan fingerprint density at radius 3 is 1.10 bits per heavy atom. The molecule has 1 nitrogen and oxygen atoms in total. The van der Waals surface area contributed by atoms with Crippen LogP contribution in [0.25, 0.3) is 99.4 Å². The Labute approximate surface area is 404 Å². The lowest BCUT2D eigenvalue weighted by atomic mass is 9.84. The Balaban J connectivity index is 1.05. The molecule has 0 radical (unpaired) electrons. The molecular weight excluding hydrogens is 831 g/mol. The van der Waals surface area contributed by atoms with Gasteiger partial charge in [0.2, 0.25) is 0 Å². The summed E-state index contributed by atoms with van der Waals surface area (Å²) in [4.78, 5) is 2.43. The minimum absolute atomic E-state index is 1.07. The van der Waals surface area contributed by atoms with Gasteiger partial charge in [-0.05, 0) is 148 Å². The second kappa shape index (κ2) is 18.3. The van der Waals surface area contributed by atoms with Crippen LogP contribution in [0.1, 0.15) is 0 Å². The van der Waals surface area contributed by atoms with E-state index in [0.29, 0.717) is 0 Å². The highest BCUT2D eigenvalue weighted by molar-refractivity contribution is 6.22. The summed E-state index contributed by atoms with van der Waals surface area (Å²) >= 11 is 0. The van der Waals surface area contributed by atoms with Crippen LogP contribution in [0.15, 0.2) is 285 Å². The van der Waals surface area contributed by atoms with E-state index < -0.39 is 0 Å². The maximum atomic E-state index is 2.43. The van der Waals surface area contributed by atoms with E-state index in [4.69, 9.17) is 0 Å². The van der Waals surface area contributed by atoms with Crippen molar-refractivity contribution in [3.05, 3.63) is 285 Å². The molecule has 0 saturated carbocycles. The highest BCUT2D eigenvalue weighted by atomic mass is 15.1. The van der Waals surface area contributed by atoms with Crippen molar-refractivity contribution >= 4 is 38.6 Å². The van der Waals surface area contributed by atoms with E-state index in [1.165, 1.54) is 82.7 Å². The number of rotatable bonds is 10. The van der Waals surface area contributed by atoms with E-state index in [1.807, 2.05) is 0 Å². The maximum absolute atomic E-state index is 2.43. The van der Waals surface area contributed by atoms with Gasteiger partial charge in [0.1, 0.15) is 0 Å². The summed E-state index contributed by atoms with van der Waals surface area (Å²) in [6, 6.07) is 104. The van der Waals surface area contributed by atoms with E-state index in [1.54, 1.807) is 0 Å². The monoisotopic (exact) mass is 877 g/mol. The van der Waals surface area contributed by atoms with E-state index in [0.717, 1.165) is 33.8 Å². The fraction of sp³-hybridized carbons (Fsp3) is 0. The number of anilines is 3. The topological polar surface area (TPSA) is 3.24 Å². The minimum atomic E-state index is 1.07. The van der Waals surface area contributed by atoms with Gasteiger partial charge in [-0.15, -0.1) is 0 Å². The lowest BCUT2D eigenvalue weighted by molar-refractivity contribution is 1.28. The van der Waals surface area contributed by atoms with Crippen LogP contribution < -0.4 is 4.90 Å². The Kier molecular flexibility index (Phi) is 11.0. The second-order valence-electron chi connectivity index (χ2n) is 17.6. The van der Waals surface area contributed by atoms with Gasteiger partial charge < -0.3 is 4.90 Å². The Morgan fingerprint density at radius 2 is 0.565 bits per heavy atom. The normalized spacial score (nSPS) is 11.2. The SMILES string of the molecule is c1ccc(-c2cc(-c3ccccc3)cc(N(c3ccc(-c4ccc5c(c4)c(-c4ccccc4)c(-c4ccccc4)c4ccccc45)cc3)c3ccc(-c4ccccc4)c(-c4ccccc4)c3)c2)cc1. The van der Waals surface area contributed by atoms with E-state index in [-0.39, 0.29) is 0 Å². The Morgan fingerprint density at radius 1 is 0.174 bits per heavy atom. The molecule has 12 aromatic rings. The Hall–Kier alpha value is -9.04. The number of hydrogen-bond acceptors (Lipinski definition) is 1. The fourth-order valence-corrected chi connectivity index (χ4v) is 10.2. The van der Waals surface area contributed by atoms with Crippen LogP contribution in [0.2, 0.25) is 0 Å². The van der Waals surface area contributed by atoms with Gasteiger partial charge in [0, 0.05) is 17.1 Å². The van der Waals surface area contributed by atoms with Crippen molar-refractivity contribution < 1.29 is 0 Å². The summed E-state index contributed by atoms with van der Waals surface area (Å²) in [5.41, 5.74) is 19.9. The molecule has 0 N–H and O–H groups in total. The van der Waals surface area contributed by atoms with Gasteiger partial charge in [-0.1, -0.05) is 237 Å². The maximum Gasteiger partial charge on any atom is 0.0473 e. The lowest BCUT2D eigenvalue weighted by Crippen LogP contribution is -2.11. The first-order valence-electron chi connectivity index (χ1n) is 23.7. The van der Waals surface area contributed by atoms with Gasteiger partial charge in [0.05, 0.1) is 0 Å². The molecule has 0 unspecified atom stereocenters. The van der Waals surface area contributed by atoms with Gasteiger partial charge in [-0.3, -0.25) is 0 Å². The number of nitrogens with zero attached hydrogens (tertiary/aromatic N) is 1. The summed E-state index contributed by atoms with van der Waals surface area (Å²) in [6.07, 6.45) is 0. The summed E-state index contributed by atoms with van der Waals surface area (Å²) in [7, 11) is 0. The summed E-state index contributed by atoms with van der Waals surface area (Å²) < 4.78 is 0. The van der Waals surface area contributed by atoms with Gasteiger partial charge in [-0.25, -0.2) is 0 Å². The second-order valence-corrected chi connectivity index (χ2v) is 17.6. The molecule has 0 aromatic heterocycles. The molecule has 0 saturated heterocycles. The molecule has 0 spiro atoms. The van der Waals surface area contributed by atoms with Gasteiger partial charge in [0.15, 0.2) is 0 Å². The molecule has 0 aliphatic rings. The smallest absolute Gasteiger partial charge is 0.0473 e. The van der Waals surface area contributed by atoms with Gasteiger partial charge in [-0.2, -0.15) is 0 Å². The molecule has 0 aliphatic carbocycles. The molecule has 0 atom stereocenters. The van der Waals surface area contributed by atoms with Crippen LogP contribution in [0.5, 0.6) is 0 Å². The van der Waals surface area contributed by atoms with Crippen molar-refractivity contribution in [3.8, 4) is 77.9 Å². The number of fused-ring (bicyclic) bond motifs is 3. The summed E-state index contributed by atoms with van der Waals surface area (Å²) in [6.45, 7) is 0. The largest absolute Gasteiger partial charge is 0.310 e. The van der Waals surface area contributed by atoms with Crippen LogP contribution in [0.3, 0.4) is 0 Å². The molecule has 0 aliphatic heterocycles. The van der Waals surface area contributed by atoms with E-state index in [2.05, 4.69) is 290 Å². The highest BCUT2D eigenvalue weighted by Crippen LogP contribution is 2.47. The average Bonchev–Trinajstić information content (AvgIpc) is 3.44. The third-order valence-electron chi connectivity index (χ3n) is 13.4. The molecule has 0 fully saturated rings. The van der Waals surface area contributed by atoms with Gasteiger partial charge in [0.25, 0.3) is 0 Å². The first-order valence-corrected chi connectivity index (χ1v) is 23.7. The van der Waals surface area contributed by atoms with E-state index >= 15 is 0 Å². The number of hydrogen-bond donors (Lipinski definition) is 0. The third-order valence-corrected chi connectivity index (χ3v) is 13.4. The molecule has 0 heterocycles. The molecule has 12 rings (SSSR count). The first-order chi connectivity index (χ1) is 34.2. The zero-order valence-corrected chi connectivity index (χ0v) is 38.1.